The number of nitrogens with zero attached hydrogens (tertiary/aromatic N) is 3. The summed E-state index contributed by atoms with van der Waals surface area (Å²) in [5.74, 6) is 0.975. The standard InChI is InChI=1S/C13H14N4O/c14-7-11-8-17-9-15-10(6-13(17)16-11)3-4-12-2-1-5-18-12/h1-2,5-6,8-9H,3-4,7,14H2. The largest absolute Gasteiger partial charge is 0.469 e. The Labute approximate surface area is 104 Å². The maximum absolute atomic E-state index is 5.57. The van der Waals surface area contributed by atoms with Gasteiger partial charge < -0.3 is 10.2 Å². The van der Waals surface area contributed by atoms with E-state index in [0.29, 0.717) is 6.54 Å². The first kappa shape index (κ1) is 11.0. The SMILES string of the molecule is NCc1cn2cnc(CCc3ccco3)cc2n1. The molecule has 0 aliphatic heterocycles. The molecule has 0 bridgehead atoms. The topological polar surface area (TPSA) is 69.3 Å². The monoisotopic (exact) mass is 242 g/mol. The van der Waals surface area contributed by atoms with E-state index >= 15 is 0 Å². The zero-order valence-electron chi connectivity index (χ0n) is 9.91. The van der Waals surface area contributed by atoms with Crippen molar-refractivity contribution in [2.45, 2.75) is 19.4 Å². The highest BCUT2D eigenvalue weighted by Crippen LogP contribution is 2.09. The summed E-state index contributed by atoms with van der Waals surface area (Å²) in [6, 6.07) is 5.86. The molecular weight excluding hydrogens is 228 g/mol. The van der Waals surface area contributed by atoms with Crippen LogP contribution in [0.1, 0.15) is 17.1 Å². The van der Waals surface area contributed by atoms with Crippen LogP contribution in [0.4, 0.5) is 0 Å². The number of nitrogens with two attached hydrogens (primary N) is 1. The van der Waals surface area contributed by atoms with Crippen LogP contribution >= 0.6 is 0 Å². The number of aryl methyl sites for hydroxylation is 2. The normalized spacial score (nSPS) is 11.2. The minimum Gasteiger partial charge on any atom is -0.469 e. The summed E-state index contributed by atoms with van der Waals surface area (Å²) in [6.45, 7) is 0.448. The minimum absolute atomic E-state index is 0.448. The summed E-state index contributed by atoms with van der Waals surface area (Å²) in [7, 11) is 0. The van der Waals surface area contributed by atoms with Crippen LogP contribution in [0.25, 0.3) is 5.65 Å². The molecule has 0 saturated carbocycles. The molecule has 0 fully saturated rings. The molecule has 3 heterocycles. The third kappa shape index (κ3) is 2.12. The fraction of sp³-hybridized carbons (Fsp3) is 0.231. The molecule has 0 aliphatic rings. The summed E-state index contributed by atoms with van der Waals surface area (Å²) in [5, 5.41) is 0. The van der Waals surface area contributed by atoms with Gasteiger partial charge in [0.25, 0.3) is 0 Å². The second kappa shape index (κ2) is 4.62. The van der Waals surface area contributed by atoms with E-state index in [1.165, 1.54) is 0 Å². The lowest BCUT2D eigenvalue weighted by atomic mass is 10.2. The van der Waals surface area contributed by atoms with Gasteiger partial charge in [0.1, 0.15) is 17.7 Å². The van der Waals surface area contributed by atoms with Crippen molar-refractivity contribution in [1.29, 1.82) is 0 Å². The Kier molecular flexibility index (Phi) is 2.82. The highest BCUT2D eigenvalue weighted by molar-refractivity contribution is 5.40. The van der Waals surface area contributed by atoms with Crippen LogP contribution < -0.4 is 5.73 Å². The van der Waals surface area contributed by atoms with Gasteiger partial charge in [0.15, 0.2) is 0 Å². The van der Waals surface area contributed by atoms with Crippen LogP contribution in [0.15, 0.2) is 41.4 Å². The number of rotatable bonds is 4. The Balaban J connectivity index is 1.80. The lowest BCUT2D eigenvalue weighted by molar-refractivity contribution is 0.507. The van der Waals surface area contributed by atoms with Crippen LogP contribution in [0.3, 0.4) is 0 Å². The lowest BCUT2D eigenvalue weighted by Gasteiger charge is -1.99. The van der Waals surface area contributed by atoms with Gasteiger partial charge in [-0.15, -0.1) is 0 Å². The van der Waals surface area contributed by atoms with Gasteiger partial charge in [0.2, 0.25) is 0 Å². The average Bonchev–Trinajstić information content (AvgIpc) is 3.04. The average molecular weight is 242 g/mol. The molecule has 92 valence electrons. The van der Waals surface area contributed by atoms with Gasteiger partial charge in [0, 0.05) is 30.9 Å². The first-order chi connectivity index (χ1) is 8.85. The molecule has 18 heavy (non-hydrogen) atoms. The van der Waals surface area contributed by atoms with Crippen molar-refractivity contribution in [2.24, 2.45) is 5.73 Å². The van der Waals surface area contributed by atoms with Crippen molar-refractivity contribution in [3.63, 3.8) is 0 Å². The Morgan fingerprint density at radius 3 is 3.00 bits per heavy atom. The first-order valence-corrected chi connectivity index (χ1v) is 5.90. The van der Waals surface area contributed by atoms with Gasteiger partial charge in [-0.05, 0) is 18.6 Å². The molecule has 0 amide bonds. The smallest absolute Gasteiger partial charge is 0.140 e. The van der Waals surface area contributed by atoms with Gasteiger partial charge in [-0.3, -0.25) is 4.40 Å². The number of fused-ring (bicyclic) bond motifs is 1. The summed E-state index contributed by atoms with van der Waals surface area (Å²) < 4.78 is 7.19. The molecule has 0 spiro atoms. The number of hydrogen-bond donors (Lipinski definition) is 1. The molecule has 2 N–H and O–H groups in total. The van der Waals surface area contributed by atoms with E-state index in [-0.39, 0.29) is 0 Å². The van der Waals surface area contributed by atoms with Gasteiger partial charge in [0.05, 0.1) is 12.0 Å². The van der Waals surface area contributed by atoms with E-state index in [4.69, 9.17) is 10.2 Å². The van der Waals surface area contributed by atoms with Crippen molar-refractivity contribution in [1.82, 2.24) is 14.4 Å². The van der Waals surface area contributed by atoms with Gasteiger partial charge in [-0.1, -0.05) is 0 Å². The summed E-state index contributed by atoms with van der Waals surface area (Å²) >= 11 is 0. The molecule has 0 aliphatic carbocycles. The van der Waals surface area contributed by atoms with Crippen LogP contribution in [0.2, 0.25) is 0 Å². The molecular formula is C13H14N4O. The van der Waals surface area contributed by atoms with Gasteiger partial charge >= 0.3 is 0 Å². The molecule has 3 aromatic rings. The quantitative estimate of drug-likeness (QED) is 0.754. The second-order valence-corrected chi connectivity index (χ2v) is 4.16. The Bertz CT molecular complexity index is 642. The summed E-state index contributed by atoms with van der Waals surface area (Å²) in [4.78, 5) is 8.81. The van der Waals surface area contributed by atoms with Crippen molar-refractivity contribution in [3.8, 4) is 0 Å². The van der Waals surface area contributed by atoms with Crippen molar-refractivity contribution < 1.29 is 4.42 Å². The molecule has 5 heteroatoms. The fourth-order valence-electron chi connectivity index (χ4n) is 1.92. The Morgan fingerprint density at radius 1 is 1.28 bits per heavy atom. The Hall–Kier alpha value is -2.14. The molecule has 0 unspecified atom stereocenters. The predicted octanol–water partition coefficient (Wildman–Crippen LogP) is 1.57. The second-order valence-electron chi connectivity index (χ2n) is 4.16. The molecule has 0 radical (unpaired) electrons. The van der Waals surface area contributed by atoms with Crippen LogP contribution in [-0.4, -0.2) is 14.4 Å². The predicted molar refractivity (Wildman–Crippen MR) is 67.0 cm³/mol. The summed E-state index contributed by atoms with van der Waals surface area (Å²) in [6.07, 6.45) is 7.06. The van der Waals surface area contributed by atoms with E-state index < -0.39 is 0 Å². The minimum atomic E-state index is 0.448. The van der Waals surface area contributed by atoms with E-state index in [1.807, 2.05) is 28.8 Å². The van der Waals surface area contributed by atoms with E-state index in [1.54, 1.807) is 12.6 Å². The van der Waals surface area contributed by atoms with E-state index in [0.717, 1.165) is 35.6 Å². The number of imidazole rings is 1. The third-order valence-electron chi connectivity index (χ3n) is 2.87. The van der Waals surface area contributed by atoms with E-state index in [2.05, 4.69) is 9.97 Å². The highest BCUT2D eigenvalue weighted by Gasteiger charge is 2.03. The number of aromatic nitrogens is 3. The maximum atomic E-state index is 5.57. The van der Waals surface area contributed by atoms with E-state index in [9.17, 15) is 0 Å². The van der Waals surface area contributed by atoms with Crippen molar-refractivity contribution in [2.75, 3.05) is 0 Å². The Morgan fingerprint density at radius 2 is 2.22 bits per heavy atom. The van der Waals surface area contributed by atoms with Crippen LogP contribution in [-0.2, 0) is 19.4 Å². The molecule has 0 saturated heterocycles. The maximum Gasteiger partial charge on any atom is 0.140 e. The molecule has 3 rings (SSSR count). The summed E-state index contributed by atoms with van der Waals surface area (Å²) in [5.41, 5.74) is 8.34. The van der Waals surface area contributed by atoms with Crippen molar-refractivity contribution >= 4 is 5.65 Å². The van der Waals surface area contributed by atoms with Crippen molar-refractivity contribution in [3.05, 3.63) is 54.1 Å². The lowest BCUT2D eigenvalue weighted by Crippen LogP contribution is -1.96. The van der Waals surface area contributed by atoms with Gasteiger partial charge in [-0.25, -0.2) is 9.97 Å². The number of furan rings is 1. The molecule has 0 atom stereocenters. The zero-order chi connectivity index (χ0) is 12.4. The highest BCUT2D eigenvalue weighted by atomic mass is 16.3. The van der Waals surface area contributed by atoms with Crippen LogP contribution in [0, 0.1) is 0 Å². The fourth-order valence-corrected chi connectivity index (χ4v) is 1.92. The molecule has 0 aromatic carbocycles. The first-order valence-electron chi connectivity index (χ1n) is 5.90. The van der Waals surface area contributed by atoms with Gasteiger partial charge in [-0.2, -0.15) is 0 Å². The molecule has 5 nitrogen and oxygen atoms in total. The van der Waals surface area contributed by atoms with Crippen LogP contribution in [0.5, 0.6) is 0 Å². The number of hydrogen-bond acceptors (Lipinski definition) is 4. The molecule has 3 aromatic heterocycles. The third-order valence-corrected chi connectivity index (χ3v) is 2.87. The zero-order valence-corrected chi connectivity index (χ0v) is 9.91.